The molecule has 0 amide bonds. The molecule has 0 atom stereocenters. The molecule has 2 nitrogen and oxygen atoms in total. The molecule has 0 unspecified atom stereocenters. The lowest BCUT2D eigenvalue weighted by molar-refractivity contribution is 1.43. The number of nitrogens with one attached hydrogen (secondary N) is 1. The van der Waals surface area contributed by atoms with Crippen molar-refractivity contribution in [3.8, 4) is 0 Å². The third-order valence-electron chi connectivity index (χ3n) is 2.54. The van der Waals surface area contributed by atoms with Crippen LogP contribution in [0.1, 0.15) is 5.56 Å². The zero-order valence-electron chi connectivity index (χ0n) is 9.60. The molecule has 0 heterocycles. The molecule has 0 aromatic heterocycles. The van der Waals surface area contributed by atoms with E-state index in [9.17, 15) is 0 Å². The van der Waals surface area contributed by atoms with Crippen molar-refractivity contribution < 1.29 is 0 Å². The number of anilines is 3. The van der Waals surface area contributed by atoms with Gasteiger partial charge in [0.1, 0.15) is 0 Å². The Hall–Kier alpha value is -0.900. The summed E-state index contributed by atoms with van der Waals surface area (Å²) in [6.07, 6.45) is 0. The number of rotatable bonds is 2. The van der Waals surface area contributed by atoms with Crippen molar-refractivity contribution in [3.05, 3.63) is 50.4 Å². The van der Waals surface area contributed by atoms with E-state index in [2.05, 4.69) is 21.2 Å². The van der Waals surface area contributed by atoms with Gasteiger partial charge in [0.25, 0.3) is 0 Å². The zero-order chi connectivity index (χ0) is 13.3. The molecular formula is C13H11BrCl2N2. The molecule has 2 rings (SSSR count). The molecular weight excluding hydrogens is 335 g/mol. The van der Waals surface area contributed by atoms with Crippen molar-refractivity contribution in [1.82, 2.24) is 0 Å². The second-order valence-electron chi connectivity index (χ2n) is 3.94. The van der Waals surface area contributed by atoms with Gasteiger partial charge in [-0.25, -0.2) is 0 Å². The SMILES string of the molecule is Cc1cc(N)c(Cl)cc1Nc1ccc(Br)cc1Cl. The van der Waals surface area contributed by atoms with Crippen LogP contribution in [-0.2, 0) is 0 Å². The van der Waals surface area contributed by atoms with Gasteiger partial charge in [-0.1, -0.05) is 39.1 Å². The number of nitrogen functional groups attached to an aromatic ring is 1. The van der Waals surface area contributed by atoms with Crippen LogP contribution in [-0.4, -0.2) is 0 Å². The molecule has 0 saturated heterocycles. The largest absolute Gasteiger partial charge is 0.398 e. The Labute approximate surface area is 124 Å². The smallest absolute Gasteiger partial charge is 0.0656 e. The summed E-state index contributed by atoms with van der Waals surface area (Å²) >= 11 is 15.5. The first-order valence-corrected chi connectivity index (χ1v) is 6.80. The predicted molar refractivity (Wildman–Crippen MR) is 83.0 cm³/mol. The summed E-state index contributed by atoms with van der Waals surface area (Å²) < 4.78 is 0.935. The van der Waals surface area contributed by atoms with Crippen LogP contribution in [0, 0.1) is 6.92 Å². The second-order valence-corrected chi connectivity index (χ2v) is 5.67. The minimum absolute atomic E-state index is 0.524. The first-order valence-electron chi connectivity index (χ1n) is 5.25. The fraction of sp³-hybridized carbons (Fsp3) is 0.0769. The maximum absolute atomic E-state index is 6.15. The Balaban J connectivity index is 2.37. The van der Waals surface area contributed by atoms with Crippen molar-refractivity contribution in [2.45, 2.75) is 6.92 Å². The van der Waals surface area contributed by atoms with Crippen molar-refractivity contribution in [1.29, 1.82) is 0 Å². The average Bonchev–Trinajstić information content (AvgIpc) is 2.29. The summed E-state index contributed by atoms with van der Waals surface area (Å²) in [6, 6.07) is 9.28. The van der Waals surface area contributed by atoms with Crippen LogP contribution in [0.4, 0.5) is 17.1 Å². The highest BCUT2D eigenvalue weighted by Gasteiger charge is 2.06. The monoisotopic (exact) mass is 344 g/mol. The predicted octanol–water partition coefficient (Wildman–Crippen LogP) is 5.39. The summed E-state index contributed by atoms with van der Waals surface area (Å²) in [4.78, 5) is 0. The normalized spacial score (nSPS) is 10.4. The second kappa shape index (κ2) is 5.39. The van der Waals surface area contributed by atoms with Crippen molar-refractivity contribution in [2.75, 3.05) is 11.1 Å². The molecule has 0 bridgehead atoms. The maximum Gasteiger partial charge on any atom is 0.0656 e. The Morgan fingerprint density at radius 1 is 1.06 bits per heavy atom. The molecule has 0 radical (unpaired) electrons. The number of hydrogen-bond donors (Lipinski definition) is 2. The molecule has 0 fully saturated rings. The average molecular weight is 346 g/mol. The van der Waals surface area contributed by atoms with E-state index in [1.54, 1.807) is 6.07 Å². The van der Waals surface area contributed by atoms with E-state index >= 15 is 0 Å². The molecule has 18 heavy (non-hydrogen) atoms. The molecule has 2 aromatic carbocycles. The van der Waals surface area contributed by atoms with Crippen molar-refractivity contribution in [3.63, 3.8) is 0 Å². The molecule has 0 saturated carbocycles. The number of aryl methyl sites for hydroxylation is 1. The lowest BCUT2D eigenvalue weighted by Crippen LogP contribution is -1.96. The van der Waals surface area contributed by atoms with Gasteiger partial charge in [0, 0.05) is 10.2 Å². The topological polar surface area (TPSA) is 38.0 Å². The van der Waals surface area contributed by atoms with Gasteiger partial charge in [-0.15, -0.1) is 0 Å². The lowest BCUT2D eigenvalue weighted by Gasteiger charge is -2.13. The number of hydrogen-bond acceptors (Lipinski definition) is 2. The van der Waals surface area contributed by atoms with Crippen LogP contribution >= 0.6 is 39.1 Å². The summed E-state index contributed by atoms with van der Waals surface area (Å²) in [5.41, 5.74) is 9.03. The van der Waals surface area contributed by atoms with Gasteiger partial charge in [0.05, 0.1) is 21.4 Å². The van der Waals surface area contributed by atoms with E-state index in [-0.39, 0.29) is 0 Å². The van der Waals surface area contributed by atoms with Crippen LogP contribution in [0.3, 0.4) is 0 Å². The standard InChI is InChI=1S/C13H11BrCl2N2/c1-7-4-11(17)9(15)6-13(7)18-12-3-2-8(14)5-10(12)16/h2-6,18H,17H2,1H3. The highest BCUT2D eigenvalue weighted by atomic mass is 79.9. The van der Waals surface area contributed by atoms with Gasteiger partial charge in [-0.3, -0.25) is 0 Å². The lowest BCUT2D eigenvalue weighted by atomic mass is 10.1. The number of nitrogens with two attached hydrogens (primary N) is 1. The summed E-state index contributed by atoms with van der Waals surface area (Å²) in [6.45, 7) is 1.96. The van der Waals surface area contributed by atoms with Crippen LogP contribution in [0.25, 0.3) is 0 Å². The molecule has 0 spiro atoms. The molecule has 3 N–H and O–H groups in total. The molecule has 2 aromatic rings. The van der Waals surface area contributed by atoms with E-state index in [4.69, 9.17) is 28.9 Å². The van der Waals surface area contributed by atoms with E-state index in [0.717, 1.165) is 21.4 Å². The van der Waals surface area contributed by atoms with Gasteiger partial charge in [0.2, 0.25) is 0 Å². The maximum atomic E-state index is 6.15. The van der Waals surface area contributed by atoms with E-state index in [1.165, 1.54) is 0 Å². The minimum Gasteiger partial charge on any atom is -0.398 e. The first-order chi connectivity index (χ1) is 8.47. The number of halogens is 3. The molecule has 94 valence electrons. The third-order valence-corrected chi connectivity index (χ3v) is 3.68. The molecule has 0 aliphatic carbocycles. The molecule has 5 heteroatoms. The van der Waals surface area contributed by atoms with E-state index in [1.807, 2.05) is 31.2 Å². The highest BCUT2D eigenvalue weighted by Crippen LogP contribution is 2.32. The summed E-state index contributed by atoms with van der Waals surface area (Å²) in [5.74, 6) is 0. The Bertz CT molecular complexity index is 600. The highest BCUT2D eigenvalue weighted by molar-refractivity contribution is 9.10. The third kappa shape index (κ3) is 2.91. The van der Waals surface area contributed by atoms with E-state index < -0.39 is 0 Å². The first kappa shape index (κ1) is 13.5. The van der Waals surface area contributed by atoms with Crippen LogP contribution in [0.2, 0.25) is 10.0 Å². The minimum atomic E-state index is 0.524. The molecule has 0 aliphatic rings. The van der Waals surface area contributed by atoms with Gasteiger partial charge in [0.15, 0.2) is 0 Å². The van der Waals surface area contributed by atoms with Crippen molar-refractivity contribution >= 4 is 56.2 Å². The quantitative estimate of drug-likeness (QED) is 0.716. The van der Waals surface area contributed by atoms with Crippen LogP contribution < -0.4 is 11.1 Å². The van der Waals surface area contributed by atoms with Gasteiger partial charge in [-0.2, -0.15) is 0 Å². The number of benzene rings is 2. The van der Waals surface area contributed by atoms with Crippen LogP contribution in [0.5, 0.6) is 0 Å². The van der Waals surface area contributed by atoms with Crippen molar-refractivity contribution in [2.24, 2.45) is 0 Å². The summed E-state index contributed by atoms with van der Waals surface area (Å²) in [5, 5.41) is 4.40. The summed E-state index contributed by atoms with van der Waals surface area (Å²) in [7, 11) is 0. The van der Waals surface area contributed by atoms with Gasteiger partial charge >= 0.3 is 0 Å². The van der Waals surface area contributed by atoms with E-state index in [0.29, 0.717) is 15.7 Å². The fourth-order valence-corrected chi connectivity index (χ4v) is 2.46. The Morgan fingerprint density at radius 2 is 1.78 bits per heavy atom. The van der Waals surface area contributed by atoms with Gasteiger partial charge in [-0.05, 0) is 42.8 Å². The van der Waals surface area contributed by atoms with Crippen LogP contribution in [0.15, 0.2) is 34.8 Å². The zero-order valence-corrected chi connectivity index (χ0v) is 12.7. The molecule has 0 aliphatic heterocycles. The fourth-order valence-electron chi connectivity index (χ4n) is 1.57. The Kier molecular flexibility index (Phi) is 4.05. The Morgan fingerprint density at radius 3 is 2.44 bits per heavy atom. The van der Waals surface area contributed by atoms with Gasteiger partial charge < -0.3 is 11.1 Å².